The molecule has 0 aliphatic carbocycles. The van der Waals surface area contributed by atoms with E-state index >= 15 is 0 Å². The summed E-state index contributed by atoms with van der Waals surface area (Å²) in [5, 5.41) is 16.4. The predicted molar refractivity (Wildman–Crippen MR) is 80.0 cm³/mol. The third kappa shape index (κ3) is 2.87. The molecule has 0 fully saturated rings. The van der Waals surface area contributed by atoms with Crippen molar-refractivity contribution < 1.29 is 8.42 Å². The molecule has 0 spiro atoms. The Labute approximate surface area is 115 Å². The van der Waals surface area contributed by atoms with Gasteiger partial charge in [0.25, 0.3) is 0 Å². The molecule has 0 aliphatic heterocycles. The molecule has 0 amide bonds. The number of hydrogen-bond donors (Lipinski definition) is 3. The molecule has 0 saturated heterocycles. The standard InChI is InChI=1S/C12H13N3O2S2/c1-7-6-15-10-4-3-8(5-9(7)10)11(13)18-12(14)19(2,16)17/h3-6,13-15H,1-2H3. The molecule has 0 aliphatic rings. The van der Waals surface area contributed by atoms with Gasteiger partial charge in [-0.25, -0.2) is 8.42 Å². The molecule has 1 aromatic heterocycles. The van der Waals surface area contributed by atoms with Gasteiger partial charge in [-0.15, -0.1) is 0 Å². The van der Waals surface area contributed by atoms with E-state index in [1.165, 1.54) is 0 Å². The molecule has 1 heterocycles. The first kappa shape index (κ1) is 13.8. The smallest absolute Gasteiger partial charge is 0.198 e. The van der Waals surface area contributed by atoms with Crippen molar-refractivity contribution in [1.82, 2.24) is 4.98 Å². The number of aryl methyl sites for hydroxylation is 1. The van der Waals surface area contributed by atoms with Gasteiger partial charge in [-0.3, -0.25) is 10.8 Å². The summed E-state index contributed by atoms with van der Waals surface area (Å²) in [6.45, 7) is 1.96. The lowest BCUT2D eigenvalue weighted by molar-refractivity contribution is 0.613. The highest BCUT2D eigenvalue weighted by Gasteiger charge is 2.16. The third-order valence-corrected chi connectivity index (χ3v) is 5.14. The Morgan fingerprint density at radius 2 is 2.00 bits per heavy atom. The topological polar surface area (TPSA) is 97.6 Å². The first-order chi connectivity index (χ1) is 8.79. The number of hydrogen-bond acceptors (Lipinski definition) is 5. The van der Waals surface area contributed by atoms with Crippen molar-refractivity contribution in [2.24, 2.45) is 0 Å². The quantitative estimate of drug-likeness (QED) is 0.557. The molecule has 1 aromatic carbocycles. The second kappa shape index (κ2) is 4.82. The van der Waals surface area contributed by atoms with Gasteiger partial charge in [0.15, 0.2) is 14.2 Å². The summed E-state index contributed by atoms with van der Waals surface area (Å²) in [5.74, 6) is 0. The first-order valence-electron chi connectivity index (χ1n) is 5.42. The van der Waals surface area contributed by atoms with Gasteiger partial charge in [-0.2, -0.15) is 0 Å². The van der Waals surface area contributed by atoms with Crippen LogP contribution in [0.25, 0.3) is 10.9 Å². The van der Waals surface area contributed by atoms with Gasteiger partial charge in [0.05, 0.1) is 0 Å². The van der Waals surface area contributed by atoms with Crippen LogP contribution >= 0.6 is 11.8 Å². The molecular formula is C12H13N3O2S2. The highest BCUT2D eigenvalue weighted by molar-refractivity contribution is 8.42. The second-order valence-corrected chi connectivity index (χ2v) is 7.45. The summed E-state index contributed by atoms with van der Waals surface area (Å²) in [4.78, 5) is 3.10. The number of thioether (sulfide) groups is 1. The zero-order valence-electron chi connectivity index (χ0n) is 10.4. The van der Waals surface area contributed by atoms with Crippen molar-refractivity contribution in [3.05, 3.63) is 35.5 Å². The van der Waals surface area contributed by atoms with E-state index in [1.54, 1.807) is 6.07 Å². The summed E-state index contributed by atoms with van der Waals surface area (Å²) in [5.41, 5.74) is 2.64. The molecular weight excluding hydrogens is 282 g/mol. The number of benzene rings is 1. The van der Waals surface area contributed by atoms with E-state index in [0.717, 1.165) is 22.7 Å². The van der Waals surface area contributed by atoms with Crippen LogP contribution in [0.15, 0.2) is 24.4 Å². The Hall–Kier alpha value is -1.60. The number of H-pyrrole nitrogens is 1. The Morgan fingerprint density at radius 1 is 1.32 bits per heavy atom. The highest BCUT2D eigenvalue weighted by atomic mass is 32.3. The van der Waals surface area contributed by atoms with E-state index in [0.29, 0.717) is 17.3 Å². The molecule has 0 unspecified atom stereocenters. The zero-order valence-corrected chi connectivity index (χ0v) is 12.1. The van der Waals surface area contributed by atoms with E-state index in [2.05, 4.69) is 4.98 Å². The van der Waals surface area contributed by atoms with E-state index in [9.17, 15) is 8.42 Å². The van der Waals surface area contributed by atoms with Gasteiger partial charge >= 0.3 is 0 Å². The van der Waals surface area contributed by atoms with Crippen molar-refractivity contribution in [1.29, 1.82) is 10.8 Å². The minimum Gasteiger partial charge on any atom is -0.361 e. The van der Waals surface area contributed by atoms with Crippen LogP contribution in [0.1, 0.15) is 11.1 Å². The molecule has 19 heavy (non-hydrogen) atoms. The number of fused-ring (bicyclic) bond motifs is 1. The summed E-state index contributed by atoms with van der Waals surface area (Å²) >= 11 is 0.645. The lowest BCUT2D eigenvalue weighted by atomic mass is 10.1. The van der Waals surface area contributed by atoms with Crippen molar-refractivity contribution in [2.75, 3.05) is 6.26 Å². The van der Waals surface area contributed by atoms with Crippen LogP contribution in [0, 0.1) is 17.7 Å². The molecule has 2 rings (SSSR count). The highest BCUT2D eigenvalue weighted by Crippen LogP contribution is 2.22. The Morgan fingerprint density at radius 3 is 2.63 bits per heavy atom. The maximum Gasteiger partial charge on any atom is 0.198 e. The molecule has 7 heteroatoms. The number of sulfone groups is 1. The number of aromatic amines is 1. The van der Waals surface area contributed by atoms with E-state index < -0.39 is 14.2 Å². The van der Waals surface area contributed by atoms with Gasteiger partial charge in [-0.05, 0) is 36.4 Å². The molecule has 0 saturated carbocycles. The van der Waals surface area contributed by atoms with Crippen LogP contribution in [-0.2, 0) is 9.84 Å². The molecule has 3 N–H and O–H groups in total. The van der Waals surface area contributed by atoms with Crippen LogP contribution in [0.4, 0.5) is 0 Å². The van der Waals surface area contributed by atoms with E-state index in [1.807, 2.05) is 25.3 Å². The molecule has 0 radical (unpaired) electrons. The molecule has 2 aromatic rings. The van der Waals surface area contributed by atoms with Gasteiger partial charge in [-0.1, -0.05) is 6.07 Å². The Kier molecular flexibility index (Phi) is 3.51. The van der Waals surface area contributed by atoms with Gasteiger partial charge < -0.3 is 4.98 Å². The largest absolute Gasteiger partial charge is 0.361 e. The van der Waals surface area contributed by atoms with Crippen molar-refractivity contribution >= 4 is 41.9 Å². The first-order valence-corrected chi connectivity index (χ1v) is 8.13. The fourth-order valence-electron chi connectivity index (χ4n) is 1.63. The van der Waals surface area contributed by atoms with Crippen LogP contribution in [-0.4, -0.2) is 29.1 Å². The van der Waals surface area contributed by atoms with Gasteiger partial charge in [0, 0.05) is 28.9 Å². The summed E-state index contributed by atoms with van der Waals surface area (Å²) < 4.78 is 21.8. The van der Waals surface area contributed by atoms with Crippen molar-refractivity contribution in [2.45, 2.75) is 6.92 Å². The molecule has 5 nitrogen and oxygen atoms in total. The number of nitrogens with one attached hydrogen (secondary N) is 3. The van der Waals surface area contributed by atoms with Crippen molar-refractivity contribution in [3.8, 4) is 0 Å². The van der Waals surface area contributed by atoms with Crippen LogP contribution in [0.3, 0.4) is 0 Å². The Balaban J connectivity index is 2.32. The SMILES string of the molecule is Cc1c[nH]c2ccc(C(=N)SC(=N)S(C)(=O)=O)cc12. The third-order valence-electron chi connectivity index (χ3n) is 2.68. The van der Waals surface area contributed by atoms with Crippen molar-refractivity contribution in [3.63, 3.8) is 0 Å². The fourth-order valence-corrected chi connectivity index (χ4v) is 2.91. The normalized spacial score (nSPS) is 11.7. The summed E-state index contributed by atoms with van der Waals surface area (Å²) in [7, 11) is -3.55. The maximum atomic E-state index is 11.2. The molecule has 0 atom stereocenters. The predicted octanol–water partition coefficient (Wildman–Crippen LogP) is 2.51. The van der Waals surface area contributed by atoms with Gasteiger partial charge in [0.2, 0.25) is 0 Å². The van der Waals surface area contributed by atoms with Crippen LogP contribution in [0.5, 0.6) is 0 Å². The van der Waals surface area contributed by atoms with E-state index in [-0.39, 0.29) is 5.04 Å². The lowest BCUT2D eigenvalue weighted by Gasteiger charge is -2.04. The van der Waals surface area contributed by atoms with Crippen LogP contribution in [0.2, 0.25) is 0 Å². The number of rotatable bonds is 1. The second-order valence-electron chi connectivity index (χ2n) is 4.22. The summed E-state index contributed by atoms with van der Waals surface area (Å²) in [6.07, 6.45) is 2.85. The zero-order chi connectivity index (χ0) is 14.2. The average Bonchev–Trinajstić information content (AvgIpc) is 2.69. The monoisotopic (exact) mass is 295 g/mol. The maximum absolute atomic E-state index is 11.2. The molecule has 0 bridgehead atoms. The Bertz CT molecular complexity index is 775. The number of aromatic nitrogens is 1. The average molecular weight is 295 g/mol. The van der Waals surface area contributed by atoms with Crippen LogP contribution < -0.4 is 0 Å². The lowest BCUT2D eigenvalue weighted by Crippen LogP contribution is -2.10. The molecule has 100 valence electrons. The van der Waals surface area contributed by atoms with Gasteiger partial charge in [0.1, 0.15) is 5.04 Å². The minimum atomic E-state index is -3.55. The minimum absolute atomic E-state index is 0.0536. The fraction of sp³-hybridized carbons (Fsp3) is 0.167. The van der Waals surface area contributed by atoms with E-state index in [4.69, 9.17) is 10.8 Å². The summed E-state index contributed by atoms with van der Waals surface area (Å²) in [6, 6.07) is 5.41.